The fourth-order valence-electron chi connectivity index (χ4n) is 1.80. The maximum Gasteiger partial charge on any atom is 0.273 e. The van der Waals surface area contributed by atoms with E-state index in [2.05, 4.69) is 10.3 Å². The normalized spacial score (nSPS) is 11.9. The first-order valence-corrected chi connectivity index (χ1v) is 6.70. The number of non-ortho nitro benzene ring substituents is 1. The smallest absolute Gasteiger partial charge is 0.273 e. The molecular formula is C14H16N4O4. The molecule has 2 aromatic rings. The molecule has 1 heterocycles. The second-order valence-electron chi connectivity index (χ2n) is 4.79. The van der Waals surface area contributed by atoms with Crippen molar-refractivity contribution in [1.82, 2.24) is 10.3 Å². The second-order valence-corrected chi connectivity index (χ2v) is 4.79. The standard InChI is InChI=1S/C14H16N4O4/c1-9(15)14-17-12(8-22-14)13(19)16-7-6-10-2-4-11(5-3-10)18(20)21/h2-5,8-9H,6-7,15H2,1H3,(H,16,19). The summed E-state index contributed by atoms with van der Waals surface area (Å²) in [6.07, 6.45) is 1.82. The van der Waals surface area contributed by atoms with Crippen molar-refractivity contribution in [3.63, 3.8) is 0 Å². The molecule has 3 N–H and O–H groups in total. The van der Waals surface area contributed by atoms with Crippen molar-refractivity contribution in [3.8, 4) is 0 Å². The van der Waals surface area contributed by atoms with Gasteiger partial charge in [0.25, 0.3) is 11.6 Å². The molecule has 1 aromatic carbocycles. The number of nitro groups is 1. The van der Waals surface area contributed by atoms with Crippen LogP contribution in [0.3, 0.4) is 0 Å². The van der Waals surface area contributed by atoms with Gasteiger partial charge in [-0.2, -0.15) is 0 Å². The van der Waals surface area contributed by atoms with Crippen LogP contribution in [0.4, 0.5) is 5.69 Å². The van der Waals surface area contributed by atoms with E-state index < -0.39 is 4.92 Å². The summed E-state index contributed by atoms with van der Waals surface area (Å²) < 4.78 is 5.09. The van der Waals surface area contributed by atoms with Gasteiger partial charge in [0.15, 0.2) is 5.69 Å². The van der Waals surface area contributed by atoms with Gasteiger partial charge in [-0.25, -0.2) is 4.98 Å². The Morgan fingerprint density at radius 3 is 2.68 bits per heavy atom. The largest absolute Gasteiger partial charge is 0.446 e. The Morgan fingerprint density at radius 2 is 2.14 bits per heavy atom. The summed E-state index contributed by atoms with van der Waals surface area (Å²) in [5.41, 5.74) is 6.71. The van der Waals surface area contributed by atoms with Gasteiger partial charge in [0.1, 0.15) is 6.26 Å². The number of aromatic nitrogens is 1. The minimum Gasteiger partial charge on any atom is -0.446 e. The summed E-state index contributed by atoms with van der Waals surface area (Å²) in [7, 11) is 0. The zero-order valence-electron chi connectivity index (χ0n) is 12.0. The van der Waals surface area contributed by atoms with Crippen LogP contribution in [-0.4, -0.2) is 22.4 Å². The monoisotopic (exact) mass is 304 g/mol. The Balaban J connectivity index is 1.84. The van der Waals surface area contributed by atoms with Crippen LogP contribution in [0.25, 0.3) is 0 Å². The second kappa shape index (κ2) is 6.81. The SMILES string of the molecule is CC(N)c1nc(C(=O)NCCc2ccc([N+](=O)[O-])cc2)co1. The first kappa shape index (κ1) is 15.6. The molecule has 8 nitrogen and oxygen atoms in total. The Hall–Kier alpha value is -2.74. The third-order valence-electron chi connectivity index (χ3n) is 2.99. The van der Waals surface area contributed by atoms with Crippen LogP contribution in [0.1, 0.15) is 34.9 Å². The number of hydrogen-bond acceptors (Lipinski definition) is 6. The summed E-state index contributed by atoms with van der Waals surface area (Å²) in [5.74, 6) is -0.0434. The highest BCUT2D eigenvalue weighted by Gasteiger charge is 2.13. The highest BCUT2D eigenvalue weighted by atomic mass is 16.6. The minimum absolute atomic E-state index is 0.0406. The summed E-state index contributed by atoms with van der Waals surface area (Å²) in [6, 6.07) is 5.82. The highest BCUT2D eigenvalue weighted by molar-refractivity contribution is 5.91. The number of nitrogens with zero attached hydrogens (tertiary/aromatic N) is 2. The van der Waals surface area contributed by atoms with Gasteiger partial charge in [-0.1, -0.05) is 12.1 Å². The molecule has 0 aliphatic rings. The molecule has 22 heavy (non-hydrogen) atoms. The third-order valence-corrected chi connectivity index (χ3v) is 2.99. The maximum absolute atomic E-state index is 11.9. The molecule has 1 atom stereocenters. The summed E-state index contributed by atoms with van der Waals surface area (Å²) in [5, 5.41) is 13.2. The average molecular weight is 304 g/mol. The van der Waals surface area contributed by atoms with E-state index in [4.69, 9.17) is 10.2 Å². The van der Waals surface area contributed by atoms with E-state index in [0.717, 1.165) is 5.56 Å². The first-order valence-electron chi connectivity index (χ1n) is 6.70. The number of carbonyl (C=O) groups is 1. The first-order chi connectivity index (χ1) is 10.5. The number of carbonyl (C=O) groups excluding carboxylic acids is 1. The molecule has 2 rings (SSSR count). The molecule has 0 bridgehead atoms. The fourth-order valence-corrected chi connectivity index (χ4v) is 1.80. The van der Waals surface area contributed by atoms with Gasteiger partial charge < -0.3 is 15.5 Å². The van der Waals surface area contributed by atoms with E-state index >= 15 is 0 Å². The number of oxazole rings is 1. The van der Waals surface area contributed by atoms with Gasteiger partial charge in [0.2, 0.25) is 5.89 Å². The van der Waals surface area contributed by atoms with Crippen molar-refractivity contribution in [2.75, 3.05) is 6.54 Å². The van der Waals surface area contributed by atoms with Crippen LogP contribution >= 0.6 is 0 Å². The molecule has 0 radical (unpaired) electrons. The number of nitrogens with one attached hydrogen (secondary N) is 1. The van der Waals surface area contributed by atoms with E-state index in [1.165, 1.54) is 18.4 Å². The van der Waals surface area contributed by atoms with Crippen molar-refractivity contribution >= 4 is 11.6 Å². The maximum atomic E-state index is 11.9. The van der Waals surface area contributed by atoms with Crippen LogP contribution in [-0.2, 0) is 6.42 Å². The Bertz CT molecular complexity index is 664. The zero-order valence-corrected chi connectivity index (χ0v) is 12.0. The fraction of sp³-hybridized carbons (Fsp3) is 0.286. The average Bonchev–Trinajstić information content (AvgIpc) is 2.98. The van der Waals surface area contributed by atoms with Crippen molar-refractivity contribution < 1.29 is 14.1 Å². The molecule has 8 heteroatoms. The minimum atomic E-state index is -0.452. The van der Waals surface area contributed by atoms with E-state index in [0.29, 0.717) is 18.9 Å². The lowest BCUT2D eigenvalue weighted by Gasteiger charge is -2.03. The number of hydrogen-bond donors (Lipinski definition) is 2. The molecule has 0 spiro atoms. The van der Waals surface area contributed by atoms with Crippen molar-refractivity contribution in [3.05, 3.63) is 57.8 Å². The number of benzene rings is 1. The van der Waals surface area contributed by atoms with Crippen molar-refractivity contribution in [2.45, 2.75) is 19.4 Å². The predicted molar refractivity (Wildman–Crippen MR) is 78.2 cm³/mol. The van der Waals surface area contributed by atoms with Gasteiger partial charge in [0.05, 0.1) is 11.0 Å². The third kappa shape index (κ3) is 3.89. The van der Waals surface area contributed by atoms with E-state index in [-0.39, 0.29) is 23.3 Å². The van der Waals surface area contributed by atoms with Crippen LogP contribution in [0.15, 0.2) is 34.9 Å². The van der Waals surface area contributed by atoms with Crippen molar-refractivity contribution in [2.24, 2.45) is 5.73 Å². The molecule has 1 amide bonds. The molecule has 0 saturated carbocycles. The molecule has 1 unspecified atom stereocenters. The van der Waals surface area contributed by atoms with E-state index in [1.54, 1.807) is 19.1 Å². The quantitative estimate of drug-likeness (QED) is 0.616. The lowest BCUT2D eigenvalue weighted by Crippen LogP contribution is -2.26. The topological polar surface area (TPSA) is 124 Å². The number of amides is 1. The lowest BCUT2D eigenvalue weighted by molar-refractivity contribution is -0.384. The van der Waals surface area contributed by atoms with Gasteiger partial charge in [-0.15, -0.1) is 0 Å². The van der Waals surface area contributed by atoms with E-state index in [9.17, 15) is 14.9 Å². The number of nitro benzene ring substituents is 1. The molecule has 0 aliphatic heterocycles. The van der Waals surface area contributed by atoms with Gasteiger partial charge in [-0.3, -0.25) is 14.9 Å². The summed E-state index contributed by atoms with van der Waals surface area (Å²) in [4.78, 5) is 25.9. The Kier molecular flexibility index (Phi) is 4.84. The van der Waals surface area contributed by atoms with Crippen molar-refractivity contribution in [1.29, 1.82) is 0 Å². The number of rotatable bonds is 6. The summed E-state index contributed by atoms with van der Waals surface area (Å²) in [6.45, 7) is 2.10. The molecule has 0 fully saturated rings. The van der Waals surface area contributed by atoms with Gasteiger partial charge in [0, 0.05) is 18.7 Å². The molecule has 0 aliphatic carbocycles. The lowest BCUT2D eigenvalue weighted by atomic mass is 10.1. The molecule has 0 saturated heterocycles. The zero-order chi connectivity index (χ0) is 16.1. The van der Waals surface area contributed by atoms with Gasteiger partial charge in [-0.05, 0) is 18.9 Å². The predicted octanol–water partition coefficient (Wildman–Crippen LogP) is 1.57. The summed E-state index contributed by atoms with van der Waals surface area (Å²) >= 11 is 0. The van der Waals surface area contributed by atoms with Gasteiger partial charge >= 0.3 is 0 Å². The number of nitrogens with two attached hydrogens (primary N) is 1. The van der Waals surface area contributed by atoms with E-state index in [1.807, 2.05) is 0 Å². The highest BCUT2D eigenvalue weighted by Crippen LogP contribution is 2.12. The van der Waals surface area contributed by atoms with Crippen LogP contribution in [0.5, 0.6) is 0 Å². The van der Waals surface area contributed by atoms with Crippen LogP contribution in [0.2, 0.25) is 0 Å². The Morgan fingerprint density at radius 1 is 1.45 bits per heavy atom. The van der Waals surface area contributed by atoms with Crippen LogP contribution < -0.4 is 11.1 Å². The molecule has 116 valence electrons. The van der Waals surface area contributed by atoms with Crippen LogP contribution in [0, 0.1) is 10.1 Å². The molecule has 1 aromatic heterocycles. The molecular weight excluding hydrogens is 288 g/mol. The Labute approximate surface area is 126 Å².